The molecule has 2 heterocycles. The summed E-state index contributed by atoms with van der Waals surface area (Å²) in [4.78, 5) is 14.9. The first-order valence-electron chi connectivity index (χ1n) is 5.49. The van der Waals surface area contributed by atoms with E-state index in [-0.39, 0.29) is 5.56 Å². The van der Waals surface area contributed by atoms with Crippen LogP contribution in [-0.2, 0) is 7.05 Å². The van der Waals surface area contributed by atoms with Crippen LogP contribution in [0, 0.1) is 0 Å². The van der Waals surface area contributed by atoms with Crippen LogP contribution in [0.4, 0.5) is 0 Å². The molecular formula is C14H12N2O. The van der Waals surface area contributed by atoms with Crippen LogP contribution in [0.1, 0.15) is 0 Å². The van der Waals surface area contributed by atoms with Crippen molar-refractivity contribution >= 4 is 10.9 Å². The number of hydrogen-bond donors (Lipinski definition) is 1. The number of benzene rings is 1. The van der Waals surface area contributed by atoms with Crippen LogP contribution in [0.2, 0.25) is 0 Å². The number of aryl methyl sites for hydroxylation is 1. The Labute approximate surface area is 98.3 Å². The lowest BCUT2D eigenvalue weighted by atomic mass is 10.0. The van der Waals surface area contributed by atoms with Crippen molar-refractivity contribution in [2.45, 2.75) is 0 Å². The van der Waals surface area contributed by atoms with Crippen LogP contribution in [0.25, 0.3) is 22.0 Å². The largest absolute Gasteiger partial charge is 0.357 e. The number of H-pyrrole nitrogens is 1. The highest BCUT2D eigenvalue weighted by molar-refractivity contribution is 5.94. The molecule has 2 aromatic heterocycles. The Morgan fingerprint density at radius 2 is 1.88 bits per heavy atom. The van der Waals surface area contributed by atoms with E-state index in [1.807, 2.05) is 42.6 Å². The van der Waals surface area contributed by atoms with Crippen molar-refractivity contribution in [2.75, 3.05) is 0 Å². The predicted molar refractivity (Wildman–Crippen MR) is 69.0 cm³/mol. The Balaban J connectivity index is 2.42. The van der Waals surface area contributed by atoms with Crippen LogP contribution in [0.5, 0.6) is 0 Å². The van der Waals surface area contributed by atoms with E-state index in [2.05, 4.69) is 4.98 Å². The van der Waals surface area contributed by atoms with Gasteiger partial charge in [0.05, 0.1) is 0 Å². The summed E-state index contributed by atoms with van der Waals surface area (Å²) in [6.07, 6.45) is 3.69. The first kappa shape index (κ1) is 9.90. The Hall–Kier alpha value is -2.29. The van der Waals surface area contributed by atoms with Gasteiger partial charge in [-0.1, -0.05) is 30.3 Å². The molecule has 0 saturated heterocycles. The number of nitrogens with zero attached hydrogens (tertiary/aromatic N) is 1. The summed E-state index contributed by atoms with van der Waals surface area (Å²) in [7, 11) is 1.77. The fraction of sp³-hybridized carbons (Fsp3) is 0.0714. The lowest BCUT2D eigenvalue weighted by molar-refractivity contribution is 0.872. The number of aromatic amines is 1. The fourth-order valence-electron chi connectivity index (χ4n) is 2.12. The molecule has 0 spiro atoms. The zero-order valence-electron chi connectivity index (χ0n) is 9.47. The van der Waals surface area contributed by atoms with E-state index < -0.39 is 0 Å². The molecule has 0 fully saturated rings. The molecular weight excluding hydrogens is 212 g/mol. The molecule has 0 amide bonds. The second-order valence-electron chi connectivity index (χ2n) is 4.09. The van der Waals surface area contributed by atoms with E-state index in [0.717, 1.165) is 16.5 Å². The quantitative estimate of drug-likeness (QED) is 0.677. The molecule has 0 radical (unpaired) electrons. The lowest BCUT2D eigenvalue weighted by Gasteiger charge is -2.06. The normalized spacial score (nSPS) is 10.9. The maximum absolute atomic E-state index is 11.9. The standard InChI is InChI=1S/C14H12N2O/c1-16-9-12(10-5-3-2-4-6-10)11-7-8-15-13(11)14(16)17/h2-9,15H,1H3. The van der Waals surface area contributed by atoms with Crippen molar-refractivity contribution < 1.29 is 0 Å². The molecule has 0 atom stereocenters. The third kappa shape index (κ3) is 1.47. The van der Waals surface area contributed by atoms with Gasteiger partial charge in [-0.15, -0.1) is 0 Å². The smallest absolute Gasteiger partial charge is 0.274 e. The van der Waals surface area contributed by atoms with Gasteiger partial charge in [-0.05, 0) is 11.6 Å². The molecule has 84 valence electrons. The molecule has 17 heavy (non-hydrogen) atoms. The number of rotatable bonds is 1. The molecule has 3 rings (SSSR count). The summed E-state index contributed by atoms with van der Waals surface area (Å²) < 4.78 is 1.61. The van der Waals surface area contributed by atoms with E-state index >= 15 is 0 Å². The summed E-state index contributed by atoms with van der Waals surface area (Å²) in [5.41, 5.74) is 2.86. The third-order valence-corrected chi connectivity index (χ3v) is 2.98. The summed E-state index contributed by atoms with van der Waals surface area (Å²) in [5, 5.41) is 0.972. The van der Waals surface area contributed by atoms with Gasteiger partial charge < -0.3 is 9.55 Å². The van der Waals surface area contributed by atoms with Crippen molar-refractivity contribution in [1.82, 2.24) is 9.55 Å². The van der Waals surface area contributed by atoms with Crippen LogP contribution in [0.15, 0.2) is 53.6 Å². The van der Waals surface area contributed by atoms with Crippen LogP contribution in [-0.4, -0.2) is 9.55 Å². The average Bonchev–Trinajstić information content (AvgIpc) is 2.84. The summed E-state index contributed by atoms with van der Waals surface area (Å²) >= 11 is 0. The van der Waals surface area contributed by atoms with E-state index in [4.69, 9.17) is 0 Å². The molecule has 0 aliphatic carbocycles. The SMILES string of the molecule is Cn1cc(-c2ccccc2)c2cc[nH]c2c1=O. The molecule has 1 N–H and O–H groups in total. The second kappa shape index (κ2) is 3.63. The molecule has 0 aliphatic rings. The fourth-order valence-corrected chi connectivity index (χ4v) is 2.12. The highest BCUT2D eigenvalue weighted by Gasteiger charge is 2.08. The topological polar surface area (TPSA) is 37.8 Å². The summed E-state index contributed by atoms with van der Waals surface area (Å²) in [6, 6.07) is 12.0. The van der Waals surface area contributed by atoms with Crippen molar-refractivity contribution in [3.8, 4) is 11.1 Å². The van der Waals surface area contributed by atoms with Crippen LogP contribution >= 0.6 is 0 Å². The highest BCUT2D eigenvalue weighted by atomic mass is 16.1. The number of nitrogens with one attached hydrogen (secondary N) is 1. The molecule has 0 aliphatic heterocycles. The van der Waals surface area contributed by atoms with E-state index in [1.54, 1.807) is 17.8 Å². The van der Waals surface area contributed by atoms with Crippen molar-refractivity contribution in [3.63, 3.8) is 0 Å². The van der Waals surface area contributed by atoms with Gasteiger partial charge in [0.25, 0.3) is 5.56 Å². The first-order valence-corrected chi connectivity index (χ1v) is 5.49. The van der Waals surface area contributed by atoms with Gasteiger partial charge >= 0.3 is 0 Å². The number of aromatic nitrogens is 2. The van der Waals surface area contributed by atoms with E-state index in [9.17, 15) is 4.79 Å². The van der Waals surface area contributed by atoms with Crippen LogP contribution < -0.4 is 5.56 Å². The molecule has 0 bridgehead atoms. The number of fused-ring (bicyclic) bond motifs is 1. The number of hydrogen-bond acceptors (Lipinski definition) is 1. The van der Waals surface area contributed by atoms with Gasteiger partial charge in [0, 0.05) is 30.4 Å². The van der Waals surface area contributed by atoms with Crippen LogP contribution in [0.3, 0.4) is 0 Å². The Morgan fingerprint density at radius 3 is 2.65 bits per heavy atom. The molecule has 3 nitrogen and oxygen atoms in total. The minimum Gasteiger partial charge on any atom is -0.357 e. The second-order valence-corrected chi connectivity index (χ2v) is 4.09. The Kier molecular flexibility index (Phi) is 2.11. The van der Waals surface area contributed by atoms with Gasteiger partial charge in [-0.25, -0.2) is 0 Å². The van der Waals surface area contributed by atoms with E-state index in [1.165, 1.54) is 0 Å². The minimum absolute atomic E-state index is 0.00433. The monoisotopic (exact) mass is 224 g/mol. The molecule has 3 aromatic rings. The molecule has 3 heteroatoms. The van der Waals surface area contributed by atoms with Gasteiger partial charge in [-0.2, -0.15) is 0 Å². The van der Waals surface area contributed by atoms with Gasteiger partial charge in [-0.3, -0.25) is 4.79 Å². The maximum Gasteiger partial charge on any atom is 0.274 e. The minimum atomic E-state index is 0.00433. The number of pyridine rings is 1. The Morgan fingerprint density at radius 1 is 1.12 bits per heavy atom. The van der Waals surface area contributed by atoms with E-state index in [0.29, 0.717) is 5.52 Å². The molecule has 1 aromatic carbocycles. The third-order valence-electron chi connectivity index (χ3n) is 2.98. The maximum atomic E-state index is 11.9. The Bertz CT molecular complexity index is 723. The van der Waals surface area contributed by atoms with Crippen molar-refractivity contribution in [1.29, 1.82) is 0 Å². The van der Waals surface area contributed by atoms with Gasteiger partial charge in [0.2, 0.25) is 0 Å². The molecule has 0 unspecified atom stereocenters. The van der Waals surface area contributed by atoms with Gasteiger partial charge in [0.15, 0.2) is 0 Å². The summed E-state index contributed by atoms with van der Waals surface area (Å²) in [5.74, 6) is 0. The molecule has 0 saturated carbocycles. The predicted octanol–water partition coefficient (Wildman–Crippen LogP) is 2.53. The first-order chi connectivity index (χ1) is 8.27. The lowest BCUT2D eigenvalue weighted by Crippen LogP contribution is -2.16. The average molecular weight is 224 g/mol. The highest BCUT2D eigenvalue weighted by Crippen LogP contribution is 2.25. The zero-order valence-corrected chi connectivity index (χ0v) is 9.47. The van der Waals surface area contributed by atoms with Gasteiger partial charge in [0.1, 0.15) is 5.52 Å². The summed E-state index contributed by atoms with van der Waals surface area (Å²) in [6.45, 7) is 0. The zero-order chi connectivity index (χ0) is 11.8. The van der Waals surface area contributed by atoms with Crippen molar-refractivity contribution in [3.05, 3.63) is 59.1 Å². The van der Waals surface area contributed by atoms with Crippen molar-refractivity contribution in [2.24, 2.45) is 7.05 Å².